The number of rotatable bonds is 8. The smallest absolute Gasteiger partial charge is 0.408 e. The molecule has 0 radical (unpaired) electrons. The Morgan fingerprint density at radius 2 is 1.87 bits per heavy atom. The Bertz CT molecular complexity index is 1100. The number of imidazole rings is 1. The number of carbonyl (C=O) groups excluding carboxylic acids is 1. The van der Waals surface area contributed by atoms with Gasteiger partial charge in [0, 0.05) is 12.8 Å². The lowest BCUT2D eigenvalue weighted by molar-refractivity contribution is -0.0500. The van der Waals surface area contributed by atoms with Crippen LogP contribution in [0.4, 0.5) is 13.6 Å². The summed E-state index contributed by atoms with van der Waals surface area (Å²) in [5, 5.41) is 7.29. The van der Waals surface area contributed by atoms with E-state index in [-0.39, 0.29) is 37.6 Å². The highest BCUT2D eigenvalue weighted by molar-refractivity contribution is 8.66. The second-order valence-corrected chi connectivity index (χ2v) is 16.0. The fourth-order valence-electron chi connectivity index (χ4n) is 4.29. The van der Waals surface area contributed by atoms with Crippen LogP contribution in [0, 0.1) is 5.92 Å². The van der Waals surface area contributed by atoms with E-state index in [2.05, 4.69) is 20.1 Å². The average Bonchev–Trinajstić information content (AvgIpc) is 3.22. The molecule has 214 valence electrons. The molecule has 3 rings (SSSR count). The Kier molecular flexibility index (Phi) is 9.61. The Labute approximate surface area is 228 Å². The van der Waals surface area contributed by atoms with Gasteiger partial charge in [-0.05, 0) is 78.4 Å². The number of nitrogens with one attached hydrogen (secondary N) is 2. The first-order chi connectivity index (χ1) is 17.5. The van der Waals surface area contributed by atoms with Crippen molar-refractivity contribution in [1.82, 2.24) is 24.6 Å². The van der Waals surface area contributed by atoms with Crippen LogP contribution in [0.2, 0.25) is 0 Å². The minimum Gasteiger partial charge on any atom is -0.569 e. The van der Waals surface area contributed by atoms with E-state index in [1.807, 2.05) is 6.92 Å². The number of nitrogens with zero attached hydrogens (tertiary/aromatic N) is 3. The summed E-state index contributed by atoms with van der Waals surface area (Å²) in [5.74, 6) is -2.95. The third-order valence-corrected chi connectivity index (χ3v) is 10.6. The van der Waals surface area contributed by atoms with Crippen molar-refractivity contribution in [1.29, 1.82) is 0 Å². The number of hydrogen-bond donors (Lipinski definition) is 2. The van der Waals surface area contributed by atoms with E-state index in [4.69, 9.17) is 4.74 Å². The van der Waals surface area contributed by atoms with E-state index in [0.717, 1.165) is 0 Å². The molecule has 0 bridgehead atoms. The SMILES string of the molecule is CC[C@@H](N[S@@+]([O-])[S+]([O-])C(C)(C)C)c1cnn2cc([C@@H](NC(=O)OC(C)(C)C)C3CCC(F)(F)CC3)nc2c1. The molecule has 9 nitrogen and oxygen atoms in total. The maximum absolute atomic E-state index is 13.9. The molecule has 1 fully saturated rings. The van der Waals surface area contributed by atoms with Crippen molar-refractivity contribution in [3.05, 3.63) is 29.7 Å². The normalized spacial score (nSPS) is 20.1. The summed E-state index contributed by atoms with van der Waals surface area (Å²) >= 11 is 0. The number of aromatic nitrogens is 3. The zero-order chi connectivity index (χ0) is 28.5. The van der Waals surface area contributed by atoms with Crippen molar-refractivity contribution in [3.8, 4) is 0 Å². The van der Waals surface area contributed by atoms with Crippen LogP contribution in [-0.2, 0) is 25.3 Å². The van der Waals surface area contributed by atoms with Gasteiger partial charge in [-0.3, -0.25) is 0 Å². The molecule has 13 heteroatoms. The lowest BCUT2D eigenvalue weighted by atomic mass is 9.81. The van der Waals surface area contributed by atoms with E-state index in [0.29, 0.717) is 23.3 Å². The second-order valence-electron chi connectivity index (χ2n) is 11.7. The molecule has 0 aromatic carbocycles. The molecule has 1 saturated carbocycles. The lowest BCUT2D eigenvalue weighted by Crippen LogP contribution is -2.42. The average molecular weight is 576 g/mol. The molecular formula is C25H39F2N5O4S2. The first-order valence-corrected chi connectivity index (χ1v) is 15.6. The molecule has 2 aromatic rings. The summed E-state index contributed by atoms with van der Waals surface area (Å²) in [6, 6.07) is 0.776. The molecule has 0 spiro atoms. The maximum atomic E-state index is 13.9. The summed E-state index contributed by atoms with van der Waals surface area (Å²) in [6.07, 6.45) is 3.18. The Morgan fingerprint density at radius 1 is 1.24 bits per heavy atom. The van der Waals surface area contributed by atoms with Crippen molar-refractivity contribution < 1.29 is 27.4 Å². The van der Waals surface area contributed by atoms with Crippen LogP contribution < -0.4 is 10.0 Å². The monoisotopic (exact) mass is 575 g/mol. The summed E-state index contributed by atoms with van der Waals surface area (Å²) in [5.41, 5.74) is 0.972. The van der Waals surface area contributed by atoms with E-state index in [1.54, 1.807) is 64.5 Å². The third-order valence-electron chi connectivity index (χ3n) is 6.27. The molecule has 2 heterocycles. The van der Waals surface area contributed by atoms with Gasteiger partial charge in [-0.25, -0.2) is 23.1 Å². The van der Waals surface area contributed by atoms with Crippen molar-refractivity contribution in [3.63, 3.8) is 0 Å². The molecule has 4 atom stereocenters. The predicted molar refractivity (Wildman–Crippen MR) is 144 cm³/mol. The van der Waals surface area contributed by atoms with Crippen molar-refractivity contribution in [2.75, 3.05) is 0 Å². The van der Waals surface area contributed by atoms with Crippen molar-refractivity contribution in [2.45, 2.75) is 109 Å². The summed E-state index contributed by atoms with van der Waals surface area (Å²) in [4.78, 5) is 17.3. The van der Waals surface area contributed by atoms with Crippen LogP contribution in [0.15, 0.2) is 18.5 Å². The van der Waals surface area contributed by atoms with Gasteiger partial charge in [0.2, 0.25) is 5.92 Å². The number of amides is 1. The summed E-state index contributed by atoms with van der Waals surface area (Å²) in [7, 11) is -3.40. The Hall–Kier alpha value is -1.67. The Balaban J connectivity index is 1.87. The van der Waals surface area contributed by atoms with Gasteiger partial charge in [-0.2, -0.15) is 5.10 Å². The molecule has 1 amide bonds. The highest BCUT2D eigenvalue weighted by atomic mass is 33.2. The number of alkyl carbamates (subject to hydrolysis) is 1. The van der Waals surface area contributed by atoms with Gasteiger partial charge >= 0.3 is 6.09 Å². The number of hydrogen-bond acceptors (Lipinski definition) is 7. The van der Waals surface area contributed by atoms with Crippen LogP contribution in [0.3, 0.4) is 0 Å². The number of halogens is 2. The first kappa shape index (κ1) is 30.9. The highest BCUT2D eigenvalue weighted by Crippen LogP contribution is 2.41. The number of fused-ring (bicyclic) bond motifs is 1. The predicted octanol–water partition coefficient (Wildman–Crippen LogP) is 5.29. The summed E-state index contributed by atoms with van der Waals surface area (Å²) in [6.45, 7) is 12.5. The van der Waals surface area contributed by atoms with Gasteiger partial charge in [-0.1, -0.05) is 11.6 Å². The fourth-order valence-corrected chi connectivity index (χ4v) is 7.34. The minimum atomic E-state index is -2.71. The van der Waals surface area contributed by atoms with Crippen LogP contribution in [0.5, 0.6) is 0 Å². The second kappa shape index (κ2) is 11.8. The first-order valence-electron chi connectivity index (χ1n) is 12.8. The van der Waals surface area contributed by atoms with Crippen LogP contribution in [-0.4, -0.2) is 46.1 Å². The lowest BCUT2D eigenvalue weighted by Gasteiger charge is -2.33. The van der Waals surface area contributed by atoms with Crippen LogP contribution in [0.1, 0.15) is 104 Å². The Morgan fingerprint density at radius 3 is 2.42 bits per heavy atom. The molecular weight excluding hydrogens is 536 g/mol. The molecule has 0 saturated heterocycles. The third kappa shape index (κ3) is 8.17. The molecule has 0 aliphatic heterocycles. The molecule has 38 heavy (non-hydrogen) atoms. The van der Waals surface area contributed by atoms with E-state index in [9.17, 15) is 22.7 Å². The quantitative estimate of drug-likeness (QED) is 0.324. The van der Waals surface area contributed by atoms with Crippen LogP contribution >= 0.6 is 0 Å². The maximum Gasteiger partial charge on any atom is 0.408 e. The molecule has 1 aliphatic carbocycles. The fraction of sp³-hybridized carbons (Fsp3) is 0.720. The largest absolute Gasteiger partial charge is 0.569 e. The van der Waals surface area contributed by atoms with Gasteiger partial charge in [0.1, 0.15) is 5.60 Å². The van der Waals surface area contributed by atoms with Gasteiger partial charge in [0.15, 0.2) is 20.6 Å². The number of alkyl halides is 2. The van der Waals surface area contributed by atoms with Crippen LogP contribution in [0.25, 0.3) is 5.65 Å². The zero-order valence-corrected chi connectivity index (χ0v) is 24.7. The molecule has 1 aliphatic rings. The summed E-state index contributed by atoms with van der Waals surface area (Å²) < 4.78 is 62.2. The standard InChI is InChI=1S/C25H39F2N5O4S2/c1-8-18(31-38(35)37(34)24(5,6)7)17-13-20-29-19(15-32(20)28-14-17)21(30-22(33)36-23(2,3)4)16-9-11-25(26,27)12-10-16/h13-16,18,21,31H,8-12H2,1-7H3,(H,30,33)/t18-,21+,37?,38+/m1/s1. The molecule has 2 N–H and O–H groups in total. The molecule has 1 unspecified atom stereocenters. The zero-order valence-electron chi connectivity index (χ0n) is 23.0. The highest BCUT2D eigenvalue weighted by Gasteiger charge is 2.41. The van der Waals surface area contributed by atoms with Crippen molar-refractivity contribution in [2.24, 2.45) is 5.92 Å². The minimum absolute atomic E-state index is 0.235. The topological polar surface area (TPSA) is 127 Å². The van der Waals surface area contributed by atoms with Gasteiger partial charge < -0.3 is 19.2 Å². The number of ether oxygens (including phenoxy) is 1. The van der Waals surface area contributed by atoms with Gasteiger partial charge in [0.25, 0.3) is 10.4 Å². The van der Waals surface area contributed by atoms with Gasteiger partial charge in [-0.15, -0.1) is 0 Å². The van der Waals surface area contributed by atoms with Crippen molar-refractivity contribution >= 4 is 32.3 Å². The molecule has 2 aromatic heterocycles. The van der Waals surface area contributed by atoms with E-state index < -0.39 is 49.0 Å². The number of carbonyl (C=O) groups is 1. The van der Waals surface area contributed by atoms with E-state index >= 15 is 0 Å². The van der Waals surface area contributed by atoms with Gasteiger partial charge in [0.05, 0.1) is 30.2 Å². The van der Waals surface area contributed by atoms with E-state index in [1.165, 1.54) is 0 Å².